The third-order valence-corrected chi connectivity index (χ3v) is 6.33. The first kappa shape index (κ1) is 10.6. The number of hydrogen-bond acceptors (Lipinski definition) is 1. The lowest BCUT2D eigenvalue weighted by molar-refractivity contribution is -0.0619. The van der Waals surface area contributed by atoms with Crippen molar-refractivity contribution < 1.29 is 3.79 Å². The van der Waals surface area contributed by atoms with E-state index in [0.717, 1.165) is 5.92 Å². The number of hydrogen-bond donors (Lipinski definition) is 0. The van der Waals surface area contributed by atoms with Crippen LogP contribution in [0.25, 0.3) is 0 Å². The highest BCUT2D eigenvalue weighted by atomic mass is 27.2. The van der Waals surface area contributed by atoms with Crippen molar-refractivity contribution in [3.05, 3.63) is 0 Å². The molecule has 0 N–H and O–H groups in total. The van der Waals surface area contributed by atoms with Gasteiger partial charge in [-0.2, -0.15) is 0 Å². The van der Waals surface area contributed by atoms with Crippen LogP contribution in [0.5, 0.6) is 0 Å². The van der Waals surface area contributed by atoms with E-state index in [1.165, 1.54) is 5.28 Å². The quantitative estimate of drug-likeness (QED) is 0.526. The van der Waals surface area contributed by atoms with E-state index < -0.39 is 14.5 Å². The standard InChI is InChI=1S/C9H18O.CH3.Al/c1-7(2)8(3,4)9(5,6)10;;/h7H,1H2,2-6H3;1H3;/q-1;;+1. The molecule has 0 aromatic heterocycles. The van der Waals surface area contributed by atoms with E-state index in [-0.39, 0.29) is 5.60 Å². The predicted molar refractivity (Wildman–Crippen MR) is 54.5 cm³/mol. The molecular weight excluding hydrogens is 163 g/mol. The molecule has 0 spiro atoms. The van der Waals surface area contributed by atoms with Gasteiger partial charge in [-0.05, 0) is 25.2 Å². The lowest BCUT2D eigenvalue weighted by atomic mass is 9.69. The topological polar surface area (TPSA) is 9.23 Å². The smallest absolute Gasteiger partial charge is 0.458 e. The Morgan fingerprint density at radius 3 is 2.17 bits per heavy atom. The van der Waals surface area contributed by atoms with Crippen molar-refractivity contribution in [3.63, 3.8) is 0 Å². The van der Waals surface area contributed by atoms with E-state index in [4.69, 9.17) is 3.79 Å². The molecule has 1 unspecified atom stereocenters. The van der Waals surface area contributed by atoms with Gasteiger partial charge < -0.3 is 3.79 Å². The zero-order valence-electron chi connectivity index (χ0n) is 9.27. The first-order valence-electron chi connectivity index (χ1n) is 4.95. The lowest BCUT2D eigenvalue weighted by Gasteiger charge is -2.52. The molecule has 12 heavy (non-hydrogen) atoms. The highest BCUT2D eigenvalue weighted by Gasteiger charge is 2.48. The molecule has 0 aliphatic carbocycles. The molecule has 0 radical (unpaired) electrons. The Bertz CT molecular complexity index is 175. The van der Waals surface area contributed by atoms with Crippen molar-refractivity contribution in [2.24, 2.45) is 11.3 Å². The first-order chi connectivity index (χ1) is 5.27. The van der Waals surface area contributed by atoms with Crippen molar-refractivity contribution in [2.45, 2.75) is 51.3 Å². The molecule has 1 saturated heterocycles. The molecule has 0 aromatic carbocycles. The summed E-state index contributed by atoms with van der Waals surface area (Å²) in [4.78, 5) is 0. The Balaban J connectivity index is 2.86. The Kier molecular flexibility index (Phi) is 2.65. The van der Waals surface area contributed by atoms with Gasteiger partial charge in [-0.25, -0.2) is 0 Å². The molecule has 0 aromatic rings. The highest BCUT2D eigenvalue weighted by molar-refractivity contribution is 6.50. The molecule has 70 valence electrons. The van der Waals surface area contributed by atoms with Crippen LogP contribution in [0, 0.1) is 11.3 Å². The average Bonchev–Trinajstić information content (AvgIpc) is 1.82. The van der Waals surface area contributed by atoms with Crippen LogP contribution in [0.2, 0.25) is 11.1 Å². The molecular formula is C10H21AlO. The predicted octanol–water partition coefficient (Wildman–Crippen LogP) is 3.08. The van der Waals surface area contributed by atoms with Crippen LogP contribution in [0.3, 0.4) is 0 Å². The van der Waals surface area contributed by atoms with Crippen molar-refractivity contribution >= 4 is 14.5 Å². The van der Waals surface area contributed by atoms with Gasteiger partial charge >= 0.3 is 14.5 Å². The van der Waals surface area contributed by atoms with E-state index in [2.05, 4.69) is 40.4 Å². The van der Waals surface area contributed by atoms with Crippen LogP contribution in [0.15, 0.2) is 0 Å². The molecule has 1 aliphatic rings. The summed E-state index contributed by atoms with van der Waals surface area (Å²) in [6, 6.07) is 0. The summed E-state index contributed by atoms with van der Waals surface area (Å²) in [7, 11) is 0. The molecule has 1 atom stereocenters. The largest absolute Gasteiger partial charge is 0.496 e. The van der Waals surface area contributed by atoms with Gasteiger partial charge in [-0.15, -0.1) is 0 Å². The third kappa shape index (κ3) is 1.58. The van der Waals surface area contributed by atoms with Crippen LogP contribution < -0.4 is 0 Å². The number of rotatable bonds is 0. The van der Waals surface area contributed by atoms with E-state index in [1.54, 1.807) is 0 Å². The van der Waals surface area contributed by atoms with Gasteiger partial charge in [0, 0.05) is 5.60 Å². The molecule has 1 heterocycles. The van der Waals surface area contributed by atoms with Crippen LogP contribution in [0.1, 0.15) is 34.6 Å². The van der Waals surface area contributed by atoms with E-state index in [0.29, 0.717) is 5.41 Å². The van der Waals surface area contributed by atoms with Gasteiger partial charge in [0.1, 0.15) is 0 Å². The summed E-state index contributed by atoms with van der Waals surface area (Å²) in [5, 5.41) is 1.33. The SMILES string of the molecule is CC1[CH2][Al]([CH3])[O]C(C)(C)C1(C)C. The Labute approximate surface area is 81.2 Å². The Hall–Kier alpha value is 0.492. The van der Waals surface area contributed by atoms with Crippen LogP contribution in [-0.4, -0.2) is 20.1 Å². The second kappa shape index (κ2) is 3.01. The molecule has 2 heteroatoms. The van der Waals surface area contributed by atoms with Crippen LogP contribution in [0.4, 0.5) is 0 Å². The fourth-order valence-corrected chi connectivity index (χ4v) is 5.08. The summed E-state index contributed by atoms with van der Waals surface area (Å²) in [6.07, 6.45) is 0. The second-order valence-electron chi connectivity index (χ2n) is 5.30. The molecule has 1 aliphatic heterocycles. The van der Waals surface area contributed by atoms with Gasteiger partial charge in [0.15, 0.2) is 0 Å². The molecule has 0 bridgehead atoms. The van der Waals surface area contributed by atoms with Crippen LogP contribution in [-0.2, 0) is 3.79 Å². The van der Waals surface area contributed by atoms with Crippen molar-refractivity contribution in [3.8, 4) is 0 Å². The van der Waals surface area contributed by atoms with E-state index >= 15 is 0 Å². The Morgan fingerprint density at radius 2 is 1.75 bits per heavy atom. The summed E-state index contributed by atoms with van der Waals surface area (Å²) in [6.45, 7) is 11.5. The zero-order chi connectivity index (χ0) is 9.57. The summed E-state index contributed by atoms with van der Waals surface area (Å²) in [5.74, 6) is 3.12. The molecule has 1 rings (SSSR count). The average molecular weight is 184 g/mol. The van der Waals surface area contributed by atoms with Crippen molar-refractivity contribution in [1.82, 2.24) is 0 Å². The summed E-state index contributed by atoms with van der Waals surface area (Å²) < 4.78 is 6.10. The van der Waals surface area contributed by atoms with E-state index in [9.17, 15) is 0 Å². The van der Waals surface area contributed by atoms with Gasteiger partial charge in [-0.1, -0.05) is 31.8 Å². The molecule has 0 saturated carbocycles. The summed E-state index contributed by atoms with van der Waals surface area (Å²) in [5.41, 5.74) is 0.406. The Morgan fingerprint density at radius 1 is 1.25 bits per heavy atom. The minimum atomic E-state index is -0.860. The minimum Gasteiger partial charge on any atom is -0.496 e. The summed E-state index contributed by atoms with van der Waals surface area (Å²) >= 11 is -0.860. The fourth-order valence-electron chi connectivity index (χ4n) is 2.09. The first-order valence-corrected chi connectivity index (χ1v) is 7.39. The van der Waals surface area contributed by atoms with E-state index in [1.807, 2.05) is 0 Å². The van der Waals surface area contributed by atoms with Gasteiger partial charge in [0.05, 0.1) is 0 Å². The maximum Gasteiger partial charge on any atom is 0.458 e. The van der Waals surface area contributed by atoms with Crippen LogP contribution >= 0.6 is 0 Å². The minimum absolute atomic E-state index is 0.0797. The second-order valence-corrected chi connectivity index (χ2v) is 7.63. The highest BCUT2D eigenvalue weighted by Crippen LogP contribution is 2.46. The monoisotopic (exact) mass is 184 g/mol. The van der Waals surface area contributed by atoms with Gasteiger partial charge in [0.2, 0.25) is 0 Å². The maximum atomic E-state index is 6.10. The maximum absolute atomic E-state index is 6.10. The molecule has 0 amide bonds. The normalized spacial score (nSPS) is 33.5. The van der Waals surface area contributed by atoms with Gasteiger partial charge in [-0.3, -0.25) is 0 Å². The lowest BCUT2D eigenvalue weighted by Crippen LogP contribution is -2.53. The van der Waals surface area contributed by atoms with Crippen molar-refractivity contribution in [2.75, 3.05) is 0 Å². The zero-order valence-corrected chi connectivity index (χ0v) is 10.4. The molecule has 1 fully saturated rings. The molecule has 1 nitrogen and oxygen atoms in total. The fraction of sp³-hybridized carbons (Fsp3) is 1.00. The van der Waals surface area contributed by atoms with Crippen molar-refractivity contribution in [1.29, 1.82) is 0 Å². The van der Waals surface area contributed by atoms with Gasteiger partial charge in [0.25, 0.3) is 0 Å². The third-order valence-electron chi connectivity index (χ3n) is 3.97.